The standard InChI is InChI=1S/C16H28N4O/c1-11(2)19(12(3)4)7-8-20(16(17)21)15-10-13(5)9-14(6)18-15/h9-12H,7-8H2,1-6H3,(H2,17,21). The summed E-state index contributed by atoms with van der Waals surface area (Å²) in [7, 11) is 0. The maximum atomic E-state index is 11.8. The van der Waals surface area contributed by atoms with E-state index in [9.17, 15) is 4.79 Å². The van der Waals surface area contributed by atoms with E-state index in [-0.39, 0.29) is 0 Å². The Balaban J connectivity index is 2.90. The van der Waals surface area contributed by atoms with E-state index in [1.165, 1.54) is 0 Å². The van der Waals surface area contributed by atoms with Crippen molar-refractivity contribution < 1.29 is 4.79 Å². The number of nitrogens with zero attached hydrogens (tertiary/aromatic N) is 3. The number of rotatable bonds is 6. The third-order valence-electron chi connectivity index (χ3n) is 3.54. The molecule has 0 bridgehead atoms. The minimum Gasteiger partial charge on any atom is -0.351 e. The molecule has 0 fully saturated rings. The van der Waals surface area contributed by atoms with Crippen LogP contribution in [0.1, 0.15) is 39.0 Å². The smallest absolute Gasteiger partial charge is 0.320 e. The minimum absolute atomic E-state index is 0.423. The lowest BCUT2D eigenvalue weighted by Crippen LogP contribution is -2.46. The average Bonchev–Trinajstić information content (AvgIpc) is 2.31. The highest BCUT2D eigenvalue weighted by atomic mass is 16.2. The maximum Gasteiger partial charge on any atom is 0.320 e. The van der Waals surface area contributed by atoms with E-state index in [0.29, 0.717) is 24.4 Å². The summed E-state index contributed by atoms with van der Waals surface area (Å²) in [5, 5.41) is 0. The van der Waals surface area contributed by atoms with E-state index >= 15 is 0 Å². The number of primary amides is 1. The molecule has 0 aliphatic heterocycles. The fourth-order valence-electron chi connectivity index (χ4n) is 2.62. The van der Waals surface area contributed by atoms with E-state index in [1.807, 2.05) is 26.0 Å². The van der Waals surface area contributed by atoms with E-state index < -0.39 is 6.03 Å². The fraction of sp³-hybridized carbons (Fsp3) is 0.625. The molecular formula is C16H28N4O. The first kappa shape index (κ1) is 17.4. The zero-order valence-electron chi connectivity index (χ0n) is 14.1. The zero-order valence-corrected chi connectivity index (χ0v) is 14.1. The molecule has 21 heavy (non-hydrogen) atoms. The molecule has 1 aromatic heterocycles. The molecule has 0 aliphatic rings. The van der Waals surface area contributed by atoms with Crippen LogP contribution < -0.4 is 10.6 Å². The molecule has 5 heteroatoms. The summed E-state index contributed by atoms with van der Waals surface area (Å²) in [6.07, 6.45) is 0. The van der Waals surface area contributed by atoms with Crippen LogP contribution in [0.3, 0.4) is 0 Å². The average molecular weight is 292 g/mol. The molecule has 2 amide bonds. The van der Waals surface area contributed by atoms with Crippen LogP contribution in [0.15, 0.2) is 12.1 Å². The molecule has 0 spiro atoms. The van der Waals surface area contributed by atoms with Crippen molar-refractivity contribution >= 4 is 11.8 Å². The second-order valence-electron chi connectivity index (χ2n) is 6.06. The number of aryl methyl sites for hydroxylation is 2. The quantitative estimate of drug-likeness (QED) is 0.877. The summed E-state index contributed by atoms with van der Waals surface area (Å²) >= 11 is 0. The van der Waals surface area contributed by atoms with Gasteiger partial charge < -0.3 is 5.73 Å². The topological polar surface area (TPSA) is 62.5 Å². The van der Waals surface area contributed by atoms with E-state index in [4.69, 9.17) is 5.73 Å². The Hall–Kier alpha value is -1.62. The van der Waals surface area contributed by atoms with E-state index in [0.717, 1.165) is 17.8 Å². The highest BCUT2D eigenvalue weighted by Crippen LogP contribution is 2.15. The van der Waals surface area contributed by atoms with Gasteiger partial charge in [-0.25, -0.2) is 9.78 Å². The van der Waals surface area contributed by atoms with Crippen LogP contribution in [0.2, 0.25) is 0 Å². The molecule has 2 N–H and O–H groups in total. The van der Waals surface area contributed by atoms with Crippen molar-refractivity contribution in [2.75, 3.05) is 18.0 Å². The predicted molar refractivity (Wildman–Crippen MR) is 87.6 cm³/mol. The normalized spacial score (nSPS) is 11.5. The molecule has 1 rings (SSSR count). The lowest BCUT2D eigenvalue weighted by molar-refractivity contribution is 0.179. The van der Waals surface area contributed by atoms with Crippen molar-refractivity contribution in [1.82, 2.24) is 9.88 Å². The molecule has 0 radical (unpaired) electrons. The summed E-state index contributed by atoms with van der Waals surface area (Å²) in [5.74, 6) is 0.632. The summed E-state index contributed by atoms with van der Waals surface area (Å²) < 4.78 is 0. The second kappa shape index (κ2) is 7.41. The number of pyridine rings is 1. The van der Waals surface area contributed by atoms with Gasteiger partial charge in [-0.1, -0.05) is 0 Å². The van der Waals surface area contributed by atoms with Crippen LogP contribution in [0.4, 0.5) is 10.6 Å². The number of carbonyl (C=O) groups is 1. The Labute approximate surface area is 128 Å². The molecule has 1 aromatic rings. The predicted octanol–water partition coefficient (Wildman–Crippen LogP) is 2.70. The number of nitrogens with two attached hydrogens (primary N) is 1. The number of carbonyl (C=O) groups excluding carboxylic acids is 1. The lowest BCUT2D eigenvalue weighted by Gasteiger charge is -2.32. The zero-order chi connectivity index (χ0) is 16.2. The van der Waals surface area contributed by atoms with E-state index in [1.54, 1.807) is 4.90 Å². The third kappa shape index (κ3) is 5.01. The first-order valence-electron chi connectivity index (χ1n) is 7.50. The van der Waals surface area contributed by atoms with E-state index in [2.05, 4.69) is 37.6 Å². The third-order valence-corrected chi connectivity index (χ3v) is 3.54. The SMILES string of the molecule is Cc1cc(C)nc(N(CCN(C(C)C)C(C)C)C(N)=O)c1. The van der Waals surface area contributed by atoms with Gasteiger partial charge in [0.1, 0.15) is 5.82 Å². The summed E-state index contributed by atoms with van der Waals surface area (Å²) in [4.78, 5) is 20.1. The first-order chi connectivity index (χ1) is 9.72. The maximum absolute atomic E-state index is 11.8. The van der Waals surface area contributed by atoms with Crippen LogP contribution in [-0.2, 0) is 0 Å². The van der Waals surface area contributed by atoms with Crippen molar-refractivity contribution in [2.24, 2.45) is 5.73 Å². The van der Waals surface area contributed by atoms with Crippen LogP contribution in [0.25, 0.3) is 0 Å². The minimum atomic E-state index is -0.458. The number of hydrogen-bond donors (Lipinski definition) is 1. The van der Waals surface area contributed by atoms with Gasteiger partial charge in [-0.05, 0) is 59.2 Å². The van der Waals surface area contributed by atoms with Gasteiger partial charge in [0.2, 0.25) is 0 Å². The fourth-order valence-corrected chi connectivity index (χ4v) is 2.62. The number of amides is 2. The van der Waals surface area contributed by atoms with Crippen molar-refractivity contribution in [3.63, 3.8) is 0 Å². The van der Waals surface area contributed by atoms with Crippen molar-refractivity contribution in [1.29, 1.82) is 0 Å². The number of hydrogen-bond acceptors (Lipinski definition) is 3. The van der Waals surface area contributed by atoms with Crippen LogP contribution in [-0.4, -0.2) is 41.1 Å². The molecule has 118 valence electrons. The highest BCUT2D eigenvalue weighted by molar-refractivity contribution is 5.89. The van der Waals surface area contributed by atoms with Crippen molar-refractivity contribution in [3.8, 4) is 0 Å². The van der Waals surface area contributed by atoms with Gasteiger partial charge in [-0.3, -0.25) is 9.80 Å². The monoisotopic (exact) mass is 292 g/mol. The molecule has 0 aromatic carbocycles. The van der Waals surface area contributed by atoms with Crippen LogP contribution >= 0.6 is 0 Å². The Morgan fingerprint density at radius 3 is 2.14 bits per heavy atom. The molecule has 0 saturated heterocycles. The summed E-state index contributed by atoms with van der Waals surface area (Å²) in [6.45, 7) is 13.9. The van der Waals surface area contributed by atoms with Crippen molar-refractivity contribution in [3.05, 3.63) is 23.4 Å². The Kier molecular flexibility index (Phi) is 6.15. The first-order valence-corrected chi connectivity index (χ1v) is 7.50. The number of anilines is 1. The summed E-state index contributed by atoms with van der Waals surface area (Å²) in [6, 6.07) is 4.27. The molecule has 0 aliphatic carbocycles. The molecule has 1 heterocycles. The largest absolute Gasteiger partial charge is 0.351 e. The summed E-state index contributed by atoms with van der Waals surface area (Å²) in [5.41, 5.74) is 7.50. The number of aromatic nitrogens is 1. The van der Waals surface area contributed by atoms with Gasteiger partial charge in [0.15, 0.2) is 0 Å². The molecular weight excluding hydrogens is 264 g/mol. The lowest BCUT2D eigenvalue weighted by atomic mass is 10.2. The molecule has 0 unspecified atom stereocenters. The van der Waals surface area contributed by atoms with Crippen LogP contribution in [0.5, 0.6) is 0 Å². The van der Waals surface area contributed by atoms with Crippen molar-refractivity contribution in [2.45, 2.75) is 53.6 Å². The van der Waals surface area contributed by atoms with Crippen LogP contribution in [0, 0.1) is 13.8 Å². The Morgan fingerprint density at radius 2 is 1.71 bits per heavy atom. The molecule has 5 nitrogen and oxygen atoms in total. The number of urea groups is 1. The van der Waals surface area contributed by atoms with Gasteiger partial charge >= 0.3 is 6.03 Å². The molecule has 0 atom stereocenters. The van der Waals surface area contributed by atoms with Gasteiger partial charge in [0.25, 0.3) is 0 Å². The van der Waals surface area contributed by atoms with Gasteiger partial charge in [0.05, 0.1) is 0 Å². The highest BCUT2D eigenvalue weighted by Gasteiger charge is 2.19. The Morgan fingerprint density at radius 1 is 1.14 bits per heavy atom. The molecule has 0 saturated carbocycles. The van der Waals surface area contributed by atoms with Gasteiger partial charge in [-0.2, -0.15) is 0 Å². The van der Waals surface area contributed by atoms with Gasteiger partial charge in [-0.15, -0.1) is 0 Å². The Bertz CT molecular complexity index is 457. The van der Waals surface area contributed by atoms with Gasteiger partial charge in [0, 0.05) is 30.9 Å². The second-order valence-corrected chi connectivity index (χ2v) is 6.06.